The number of anilines is 2. The van der Waals surface area contributed by atoms with Crippen LogP contribution in [0.3, 0.4) is 0 Å². The van der Waals surface area contributed by atoms with Crippen LogP contribution in [0.2, 0.25) is 0 Å². The third-order valence-corrected chi connectivity index (χ3v) is 13.3. The Labute approximate surface area is 347 Å². The van der Waals surface area contributed by atoms with Crippen molar-refractivity contribution in [3.8, 4) is 39.1 Å². The van der Waals surface area contributed by atoms with Gasteiger partial charge in [0.05, 0.1) is 5.41 Å². The summed E-state index contributed by atoms with van der Waals surface area (Å²) in [5.41, 5.74) is 24.0. The Kier molecular flexibility index (Phi) is 8.30. The molecule has 0 aliphatic heterocycles. The van der Waals surface area contributed by atoms with E-state index in [1.54, 1.807) is 6.07 Å². The first-order valence-corrected chi connectivity index (χ1v) is 21.0. The lowest BCUT2D eigenvalue weighted by atomic mass is 9.68. The van der Waals surface area contributed by atoms with E-state index in [-0.39, 0.29) is 5.41 Å². The standard InChI is InChI=1S/C57H45NO/c1-37-20-22-42(34-51(37)52-36-46(59)32-21-38(52)2)41-25-29-44(30-26-41)58(43-27-23-40(24-28-43)39-12-4-3-5-13-39)45-31-33-50-49-16-8-11-19-55(49)57(56(50)35-45)53-17-9-6-14-47(53)48-15-7-10-18-54(48)57/h3-9,11-17,19-25,27-29,31-36,59H,10,18,26,30H2,1-2H3. The van der Waals surface area contributed by atoms with Crippen molar-refractivity contribution < 1.29 is 5.11 Å². The molecule has 0 saturated heterocycles. The molecule has 1 spiro atoms. The second kappa shape index (κ2) is 13.9. The zero-order valence-electron chi connectivity index (χ0n) is 33.5. The highest BCUT2D eigenvalue weighted by atomic mass is 16.3. The van der Waals surface area contributed by atoms with E-state index >= 15 is 0 Å². The molecule has 0 amide bonds. The number of rotatable bonds is 6. The lowest BCUT2D eigenvalue weighted by Crippen LogP contribution is -2.28. The van der Waals surface area contributed by atoms with Crippen molar-refractivity contribution in [1.82, 2.24) is 0 Å². The van der Waals surface area contributed by atoms with Crippen LogP contribution in [0.5, 0.6) is 5.75 Å². The molecule has 2 heteroatoms. The van der Waals surface area contributed by atoms with E-state index in [0.29, 0.717) is 5.75 Å². The van der Waals surface area contributed by atoms with E-state index in [4.69, 9.17) is 0 Å². The number of allylic oxidation sites excluding steroid dienone is 8. The SMILES string of the molecule is Cc1ccc(O)cc1-c1cc(C2=CC=C(N(c3ccc(-c4ccccc4)cc3)c3ccc4c(c3)C3(C5=C(C=CCC5)c5ccccc53)c3ccccc3-4)CC2)ccc1C. The van der Waals surface area contributed by atoms with Crippen LogP contribution in [0.4, 0.5) is 11.4 Å². The van der Waals surface area contributed by atoms with Gasteiger partial charge in [-0.2, -0.15) is 0 Å². The van der Waals surface area contributed by atoms with E-state index in [2.05, 4.69) is 183 Å². The molecule has 7 aromatic rings. The maximum Gasteiger partial charge on any atom is 0.116 e. The van der Waals surface area contributed by atoms with E-state index < -0.39 is 0 Å². The average molecular weight is 760 g/mol. The summed E-state index contributed by atoms with van der Waals surface area (Å²) in [4.78, 5) is 2.51. The van der Waals surface area contributed by atoms with Crippen molar-refractivity contribution in [3.63, 3.8) is 0 Å². The summed E-state index contributed by atoms with van der Waals surface area (Å²) in [7, 11) is 0. The van der Waals surface area contributed by atoms with Gasteiger partial charge in [0.2, 0.25) is 0 Å². The van der Waals surface area contributed by atoms with Gasteiger partial charge in [0.1, 0.15) is 5.75 Å². The average Bonchev–Trinajstić information content (AvgIpc) is 3.76. The fraction of sp³-hybridized carbons (Fsp3) is 0.123. The Bertz CT molecular complexity index is 2960. The number of aryl methyl sites for hydroxylation is 2. The van der Waals surface area contributed by atoms with Crippen molar-refractivity contribution >= 4 is 22.5 Å². The van der Waals surface area contributed by atoms with Crippen LogP contribution >= 0.6 is 0 Å². The van der Waals surface area contributed by atoms with Crippen LogP contribution in [0, 0.1) is 13.8 Å². The molecule has 1 N–H and O–H groups in total. The number of hydrogen-bond donors (Lipinski definition) is 1. The normalized spacial score (nSPS) is 17.3. The Morgan fingerprint density at radius 3 is 1.92 bits per heavy atom. The molecule has 0 bridgehead atoms. The highest BCUT2D eigenvalue weighted by Gasteiger charge is 2.52. The zero-order valence-corrected chi connectivity index (χ0v) is 33.5. The first-order valence-electron chi connectivity index (χ1n) is 21.0. The quantitative estimate of drug-likeness (QED) is 0.183. The van der Waals surface area contributed by atoms with E-state index in [1.807, 2.05) is 12.1 Å². The largest absolute Gasteiger partial charge is 0.508 e. The smallest absolute Gasteiger partial charge is 0.116 e. The molecule has 11 rings (SSSR count). The number of phenols is 1. The fourth-order valence-electron chi connectivity index (χ4n) is 10.5. The topological polar surface area (TPSA) is 23.5 Å². The van der Waals surface area contributed by atoms with Crippen LogP contribution in [-0.4, -0.2) is 5.11 Å². The summed E-state index contributed by atoms with van der Waals surface area (Å²) in [6, 6.07) is 57.8. The molecular weight excluding hydrogens is 715 g/mol. The van der Waals surface area contributed by atoms with Crippen molar-refractivity contribution in [2.24, 2.45) is 0 Å². The second-order valence-electron chi connectivity index (χ2n) is 16.5. The molecule has 59 heavy (non-hydrogen) atoms. The van der Waals surface area contributed by atoms with Crippen molar-refractivity contribution in [1.29, 1.82) is 0 Å². The van der Waals surface area contributed by atoms with Gasteiger partial charge in [0.15, 0.2) is 0 Å². The van der Waals surface area contributed by atoms with Crippen LogP contribution in [0.15, 0.2) is 193 Å². The predicted octanol–water partition coefficient (Wildman–Crippen LogP) is 14.7. The van der Waals surface area contributed by atoms with E-state index in [1.165, 1.54) is 89.3 Å². The fourth-order valence-corrected chi connectivity index (χ4v) is 10.5. The molecular formula is C57H45NO. The van der Waals surface area contributed by atoms with Crippen molar-refractivity contribution in [2.75, 3.05) is 4.90 Å². The molecule has 2 nitrogen and oxygen atoms in total. The number of aromatic hydroxyl groups is 1. The summed E-state index contributed by atoms with van der Waals surface area (Å²) >= 11 is 0. The summed E-state index contributed by atoms with van der Waals surface area (Å²) in [6.45, 7) is 4.27. The van der Waals surface area contributed by atoms with Crippen LogP contribution in [0.1, 0.15) is 64.6 Å². The summed E-state index contributed by atoms with van der Waals surface area (Å²) < 4.78 is 0. The molecule has 0 radical (unpaired) electrons. The Balaban J connectivity index is 1.06. The van der Waals surface area contributed by atoms with Crippen LogP contribution in [0.25, 0.3) is 44.5 Å². The Morgan fingerprint density at radius 2 is 1.14 bits per heavy atom. The minimum atomic E-state index is -0.327. The molecule has 1 unspecified atom stereocenters. The minimum absolute atomic E-state index is 0.294. The molecule has 0 heterocycles. The summed E-state index contributed by atoms with van der Waals surface area (Å²) in [5.74, 6) is 0.294. The molecule has 1 atom stereocenters. The maximum absolute atomic E-state index is 10.4. The Hall–Kier alpha value is -6.90. The molecule has 4 aliphatic rings. The molecule has 0 fully saturated rings. The molecule has 7 aromatic carbocycles. The van der Waals surface area contributed by atoms with Crippen LogP contribution in [-0.2, 0) is 5.41 Å². The first-order chi connectivity index (χ1) is 29.0. The molecule has 0 saturated carbocycles. The minimum Gasteiger partial charge on any atom is -0.508 e. The van der Waals surface area contributed by atoms with Gasteiger partial charge >= 0.3 is 0 Å². The van der Waals surface area contributed by atoms with Gasteiger partial charge in [-0.1, -0.05) is 133 Å². The van der Waals surface area contributed by atoms with Gasteiger partial charge in [0, 0.05) is 17.1 Å². The first kappa shape index (κ1) is 35.3. The van der Waals surface area contributed by atoms with E-state index in [0.717, 1.165) is 42.5 Å². The van der Waals surface area contributed by atoms with Gasteiger partial charge in [-0.15, -0.1) is 0 Å². The predicted molar refractivity (Wildman–Crippen MR) is 246 cm³/mol. The Morgan fingerprint density at radius 1 is 0.492 bits per heavy atom. The maximum atomic E-state index is 10.4. The number of hydrogen-bond acceptors (Lipinski definition) is 2. The second-order valence-corrected chi connectivity index (χ2v) is 16.5. The lowest BCUT2D eigenvalue weighted by molar-refractivity contribution is 0.475. The molecule has 0 aromatic heterocycles. The monoisotopic (exact) mass is 759 g/mol. The number of phenolic OH excluding ortho intramolecular Hbond substituents is 1. The number of fused-ring (bicyclic) bond motifs is 9. The van der Waals surface area contributed by atoms with E-state index in [9.17, 15) is 5.11 Å². The van der Waals surface area contributed by atoms with Gasteiger partial charge in [-0.05, 0) is 177 Å². The van der Waals surface area contributed by atoms with Crippen molar-refractivity contribution in [3.05, 3.63) is 232 Å². The lowest BCUT2D eigenvalue weighted by Gasteiger charge is -2.35. The zero-order chi connectivity index (χ0) is 39.7. The van der Waals surface area contributed by atoms with Gasteiger partial charge in [-0.3, -0.25) is 0 Å². The van der Waals surface area contributed by atoms with Crippen molar-refractivity contribution in [2.45, 2.75) is 44.9 Å². The number of nitrogens with zero attached hydrogens (tertiary/aromatic N) is 1. The highest BCUT2D eigenvalue weighted by Crippen LogP contribution is 2.64. The van der Waals surface area contributed by atoms with Crippen LogP contribution < -0.4 is 4.90 Å². The summed E-state index contributed by atoms with van der Waals surface area (Å²) in [5, 5.41) is 10.4. The number of benzene rings is 7. The highest BCUT2D eigenvalue weighted by molar-refractivity contribution is 5.98. The third-order valence-electron chi connectivity index (χ3n) is 13.3. The molecule has 284 valence electrons. The van der Waals surface area contributed by atoms with Gasteiger partial charge in [0.25, 0.3) is 0 Å². The van der Waals surface area contributed by atoms with Gasteiger partial charge in [-0.25, -0.2) is 0 Å². The molecule has 4 aliphatic carbocycles. The summed E-state index contributed by atoms with van der Waals surface area (Å²) in [6.07, 6.45) is 13.3. The third kappa shape index (κ3) is 5.54. The van der Waals surface area contributed by atoms with Gasteiger partial charge < -0.3 is 10.0 Å².